The van der Waals surface area contributed by atoms with Gasteiger partial charge in [-0.3, -0.25) is 29.4 Å². The fourth-order valence-corrected chi connectivity index (χ4v) is 13.9. The van der Waals surface area contributed by atoms with Gasteiger partial charge in [0.05, 0.1) is 25.3 Å². The molecule has 0 aliphatic heterocycles. The molecule has 6 N–H and O–H groups in total. The lowest BCUT2D eigenvalue weighted by atomic mass is 10.2. The number of nitrogens with one attached hydrogen (secondary N) is 4. The first-order valence-corrected chi connectivity index (χ1v) is 40.0. The van der Waals surface area contributed by atoms with Gasteiger partial charge in [0.15, 0.2) is 29.1 Å². The number of amides is 1. The molecule has 15 aromatic rings. The lowest BCUT2D eigenvalue weighted by Gasteiger charge is -2.10. The minimum absolute atomic E-state index is 0.0556. The molecule has 0 saturated carbocycles. The number of hydrogen-bond donors (Lipinski definition) is 5. The van der Waals surface area contributed by atoms with Crippen molar-refractivity contribution in [3.05, 3.63) is 290 Å². The molecule has 10 aromatic heterocycles. The number of ether oxygens (including phenoxy) is 1. The minimum Gasteiger partial charge on any atom is -0.489 e. The molecule has 0 unspecified atom stereocenters. The maximum absolute atomic E-state index is 12.8. The summed E-state index contributed by atoms with van der Waals surface area (Å²) >= 11 is 0. The largest absolute Gasteiger partial charge is 0.489 e. The van der Waals surface area contributed by atoms with E-state index in [-0.39, 0.29) is 60.6 Å². The van der Waals surface area contributed by atoms with Crippen molar-refractivity contribution in [1.29, 1.82) is 0 Å². The van der Waals surface area contributed by atoms with Gasteiger partial charge in [-0.25, -0.2) is 82.5 Å². The molecule has 10 heterocycles. The minimum atomic E-state index is -3.95. The average Bonchev–Trinajstić information content (AvgIpc) is 1.46. The van der Waals surface area contributed by atoms with Crippen LogP contribution in [-0.2, 0) is 53.7 Å². The van der Waals surface area contributed by atoms with Gasteiger partial charge < -0.3 is 10.5 Å². The normalized spacial score (nSPS) is 11.2. The lowest BCUT2D eigenvalue weighted by molar-refractivity contribution is 0.1000. The summed E-state index contributed by atoms with van der Waals surface area (Å²) in [6, 6.07) is 58.4. The number of nitrogens with zero attached hydrogens (tertiary/aromatic N) is 20. The van der Waals surface area contributed by atoms with Gasteiger partial charge in [0.1, 0.15) is 58.4 Å². The number of carbonyl (C=O) groups is 1. The smallest absolute Gasteiger partial charge is 0.264 e. The van der Waals surface area contributed by atoms with E-state index in [0.717, 1.165) is 22.6 Å². The SMILES string of the molecule is Cc1nc(NS(=O)(=O)c2ccc(-c3ccn(C)n3)cc2)nc(-c2ccccn2)n1.Cc1nc(NS(=O)(=O)c2ccc(-c3ncccn3)cc2)nc(-c2ccccn2)n1.Cc1nc(NS(=O)(=O)c2ccc(C(N)=O)cc2)nc(-c2ccccn2)n1.Cc1nc(NS(=O)(=O)c2ccc(COc3ccccc3)cc2)nc(-c2ccccn2)n1. The van der Waals surface area contributed by atoms with E-state index in [1.807, 2.05) is 49.6 Å². The molecule has 0 aliphatic carbocycles. The van der Waals surface area contributed by atoms with Crippen molar-refractivity contribution >= 4 is 69.8 Å². The third-order valence-electron chi connectivity index (χ3n) is 15.5. The van der Waals surface area contributed by atoms with Crippen LogP contribution in [0, 0.1) is 27.7 Å². The molecular weight excluding hydrogens is 1550 g/mol. The number of anilines is 4. The first kappa shape index (κ1) is 79.8. The number of aryl methyl sites for hydroxylation is 5. The maximum Gasteiger partial charge on any atom is 0.264 e. The summed E-state index contributed by atoms with van der Waals surface area (Å²) in [4.78, 5) is 86.1. The van der Waals surface area contributed by atoms with Crippen LogP contribution in [0.4, 0.5) is 23.8 Å². The highest BCUT2D eigenvalue weighted by atomic mass is 32.2. The number of rotatable bonds is 22. The Morgan fingerprint density at radius 1 is 0.339 bits per heavy atom. The third kappa shape index (κ3) is 21.9. The van der Waals surface area contributed by atoms with Crippen LogP contribution in [0.1, 0.15) is 39.2 Å². The number of aromatic nitrogens is 20. The highest BCUT2D eigenvalue weighted by Crippen LogP contribution is 2.26. The number of pyridine rings is 4. The first-order valence-electron chi connectivity index (χ1n) is 34.1. The molecule has 0 fully saturated rings. The van der Waals surface area contributed by atoms with Crippen LogP contribution in [0.5, 0.6) is 5.75 Å². The monoisotopic (exact) mass is 1620 g/mol. The number of hydrogen-bond acceptors (Lipinski definition) is 29. The molecule has 0 radical (unpaired) electrons. The molecule has 15 rings (SSSR count). The van der Waals surface area contributed by atoms with Crippen molar-refractivity contribution in [2.24, 2.45) is 12.8 Å². The molecular formula is C76H65N25O10S4. The van der Waals surface area contributed by atoms with E-state index < -0.39 is 46.0 Å². The Hall–Kier alpha value is -14.7. The fraction of sp³-hybridized carbons (Fsp3) is 0.0789. The van der Waals surface area contributed by atoms with Crippen LogP contribution in [0.2, 0.25) is 0 Å². The number of primary amides is 1. The number of carbonyl (C=O) groups excluding carboxylic acids is 1. The van der Waals surface area contributed by atoms with Crippen molar-refractivity contribution in [3.63, 3.8) is 0 Å². The van der Waals surface area contributed by atoms with Crippen LogP contribution in [0.25, 0.3) is 68.7 Å². The molecule has 0 aliphatic rings. The number of sulfonamides is 4. The van der Waals surface area contributed by atoms with E-state index >= 15 is 0 Å². The summed E-state index contributed by atoms with van der Waals surface area (Å²) in [6.07, 6.45) is 11.5. The summed E-state index contributed by atoms with van der Waals surface area (Å²) in [5, 5.41) is 4.31. The maximum atomic E-state index is 12.8. The Morgan fingerprint density at radius 2 is 0.661 bits per heavy atom. The Kier molecular flexibility index (Phi) is 25.0. The average molecular weight is 1620 g/mol. The van der Waals surface area contributed by atoms with E-state index in [2.05, 4.69) is 114 Å². The van der Waals surface area contributed by atoms with Gasteiger partial charge in [0.25, 0.3) is 40.1 Å². The highest BCUT2D eigenvalue weighted by Gasteiger charge is 2.23. The van der Waals surface area contributed by atoms with Crippen molar-refractivity contribution in [2.75, 3.05) is 18.9 Å². The van der Waals surface area contributed by atoms with Crippen LogP contribution in [0.3, 0.4) is 0 Å². The van der Waals surface area contributed by atoms with E-state index in [4.69, 9.17) is 10.5 Å². The molecule has 0 bridgehead atoms. The van der Waals surface area contributed by atoms with Gasteiger partial charge in [-0.2, -0.15) is 45.0 Å². The highest BCUT2D eigenvalue weighted by molar-refractivity contribution is 7.93. The third-order valence-corrected chi connectivity index (χ3v) is 20.8. The second-order valence-corrected chi connectivity index (χ2v) is 30.8. The van der Waals surface area contributed by atoms with E-state index in [1.165, 1.54) is 60.7 Å². The van der Waals surface area contributed by atoms with Crippen LogP contribution in [-0.4, -0.2) is 139 Å². The molecule has 115 heavy (non-hydrogen) atoms. The van der Waals surface area contributed by atoms with Gasteiger partial charge in [-0.05, 0) is 179 Å². The predicted molar refractivity (Wildman–Crippen MR) is 423 cm³/mol. The Bertz CT molecular complexity index is 6360. The summed E-state index contributed by atoms with van der Waals surface area (Å²) in [5.74, 6) is 2.86. The van der Waals surface area contributed by atoms with Gasteiger partial charge in [-0.15, -0.1) is 0 Å². The van der Waals surface area contributed by atoms with E-state index in [9.17, 15) is 38.5 Å². The lowest BCUT2D eigenvalue weighted by Crippen LogP contribution is -2.17. The van der Waals surface area contributed by atoms with Gasteiger partial charge in [-0.1, -0.05) is 66.7 Å². The predicted octanol–water partition coefficient (Wildman–Crippen LogP) is 9.71. The number of benzene rings is 5. The van der Waals surface area contributed by atoms with Crippen LogP contribution >= 0.6 is 0 Å². The molecule has 0 spiro atoms. The summed E-state index contributed by atoms with van der Waals surface area (Å²) in [6.45, 7) is 6.92. The number of para-hydroxylation sites is 1. The molecule has 5 aromatic carbocycles. The zero-order chi connectivity index (χ0) is 81.1. The standard InChI is InChI=1S/C22H19N5O3S.C19H17N7O2S.C19H15N7O2S.C16H14N6O3S/c1-16-24-21(20-9-5-6-14-23-20)26-22(25-16)27-31(28,29)19-12-10-17(11-13-19)15-30-18-7-3-2-4-8-18;1-13-21-18(17-5-3-4-11-20-17)23-19(22-13)25-29(27,28)15-8-6-14(7-9-15)16-10-12-26(2)24-16;1-13-23-18(16-5-2-3-10-20-16)25-19(24-13)26-29(27,28)15-8-6-14(7-9-15)17-21-11-4-12-22-17;1-10-19-15(13-4-2-3-9-18-13)21-16(20-10)22-26(24,25)12-7-5-11(6-8-12)14(17)23/h2-14H,15H2,1H3,(H,24,25,26,27);3-12H,1-2H3,(H,21,22,23,25);2-12H,1H3,(H,23,24,25,26);2-9H,1H3,(H2,17,23)(H,19,20,21,22). The van der Waals surface area contributed by atoms with Crippen molar-refractivity contribution in [1.82, 2.24) is 99.5 Å². The molecule has 0 saturated heterocycles. The summed E-state index contributed by atoms with van der Waals surface area (Å²) in [5.41, 5.74) is 10.5. The van der Waals surface area contributed by atoms with Crippen molar-refractivity contribution in [3.8, 4) is 74.5 Å². The zero-order valence-electron chi connectivity index (χ0n) is 61.2. The Morgan fingerprint density at radius 3 is 0.983 bits per heavy atom. The second kappa shape index (κ2) is 36.0. The van der Waals surface area contributed by atoms with Gasteiger partial charge >= 0.3 is 0 Å². The van der Waals surface area contributed by atoms with Gasteiger partial charge in [0, 0.05) is 67.1 Å². The van der Waals surface area contributed by atoms with Crippen molar-refractivity contribution in [2.45, 2.75) is 53.9 Å². The topological polar surface area (TPSA) is 487 Å². The van der Waals surface area contributed by atoms with Gasteiger partial charge in [0.2, 0.25) is 29.7 Å². The molecule has 578 valence electrons. The Balaban J connectivity index is 0.000000142. The van der Waals surface area contributed by atoms with Crippen LogP contribution in [0.15, 0.2) is 275 Å². The van der Waals surface area contributed by atoms with Crippen molar-refractivity contribution < 1.29 is 43.2 Å². The second-order valence-electron chi connectivity index (χ2n) is 24.0. The molecule has 39 heteroatoms. The molecule has 0 atom stereocenters. The molecule has 1 amide bonds. The first-order chi connectivity index (χ1) is 55.3. The Labute approximate surface area is 658 Å². The van der Waals surface area contributed by atoms with E-state index in [0.29, 0.717) is 75.7 Å². The van der Waals surface area contributed by atoms with E-state index in [1.54, 1.807) is 185 Å². The zero-order valence-corrected chi connectivity index (χ0v) is 64.5. The number of nitrogens with two attached hydrogens (primary N) is 1. The van der Waals surface area contributed by atoms with Crippen LogP contribution < -0.4 is 29.4 Å². The summed E-state index contributed by atoms with van der Waals surface area (Å²) < 4.78 is 119. The fourth-order valence-electron chi connectivity index (χ4n) is 10.1. The quantitative estimate of drug-likeness (QED) is 0.0421. The summed E-state index contributed by atoms with van der Waals surface area (Å²) in [7, 11) is -13.8. The molecule has 35 nitrogen and oxygen atoms in total.